The highest BCUT2D eigenvalue weighted by atomic mass is 28.3. The van der Waals surface area contributed by atoms with Crippen LogP contribution in [0.2, 0.25) is 25.7 Å². The predicted molar refractivity (Wildman–Crippen MR) is 55.2 cm³/mol. The zero-order chi connectivity index (χ0) is 11.6. The first-order valence-corrected chi connectivity index (χ1v) is 8.09. The minimum Gasteiger partial charge on any atom is -0.258 e. The van der Waals surface area contributed by atoms with Gasteiger partial charge in [0.25, 0.3) is 0 Å². The molecule has 0 spiro atoms. The Morgan fingerprint density at radius 1 is 1.14 bits per heavy atom. The molecule has 0 aromatic rings. The summed E-state index contributed by atoms with van der Waals surface area (Å²) in [6, 6.07) is 0.589. The molecule has 0 radical (unpaired) electrons. The number of hydrogen-bond donors (Lipinski definition) is 0. The number of hydrogen-bond acceptors (Lipinski definition) is 4. The molecule has 0 fully saturated rings. The van der Waals surface area contributed by atoms with Gasteiger partial charge in [0, 0.05) is 8.07 Å². The summed E-state index contributed by atoms with van der Waals surface area (Å²) in [5.41, 5.74) is -2.01. The van der Waals surface area contributed by atoms with Crippen LogP contribution in [-0.4, -0.2) is 23.6 Å². The van der Waals surface area contributed by atoms with E-state index < -0.39 is 23.6 Å². The second kappa shape index (κ2) is 4.03. The average Bonchev–Trinajstić information content (AvgIpc) is 1.97. The molecule has 0 rings (SSSR count). The van der Waals surface area contributed by atoms with E-state index in [0.717, 1.165) is 6.92 Å². The van der Waals surface area contributed by atoms with E-state index in [1.807, 2.05) is 19.6 Å². The minimum atomic E-state index is -2.01. The van der Waals surface area contributed by atoms with E-state index in [1.54, 1.807) is 0 Å². The highest BCUT2D eigenvalue weighted by Crippen LogP contribution is 2.22. The number of rotatable bonds is 5. The van der Waals surface area contributed by atoms with E-state index in [1.165, 1.54) is 0 Å². The molecule has 0 saturated heterocycles. The third kappa shape index (κ3) is 3.41. The second-order valence-electron chi connectivity index (χ2n) is 4.79. The SMILES string of the molecule is CC(CC[Si](C)(C)C)([N+](=O)[O-])[N+](=O)[O-]. The average molecular weight is 220 g/mol. The molecule has 7 heteroatoms. The quantitative estimate of drug-likeness (QED) is 0.307. The highest BCUT2D eigenvalue weighted by molar-refractivity contribution is 6.76. The molecule has 0 unspecified atom stereocenters. The van der Waals surface area contributed by atoms with E-state index >= 15 is 0 Å². The van der Waals surface area contributed by atoms with Crippen LogP contribution in [0.25, 0.3) is 0 Å². The van der Waals surface area contributed by atoms with Gasteiger partial charge in [-0.05, 0) is 6.04 Å². The largest absolute Gasteiger partial charge is 0.455 e. The normalized spacial score (nSPS) is 12.6. The van der Waals surface area contributed by atoms with Gasteiger partial charge in [-0.1, -0.05) is 19.6 Å². The minimum absolute atomic E-state index is 0.0166. The summed E-state index contributed by atoms with van der Waals surface area (Å²) in [5.74, 6) is 0. The van der Waals surface area contributed by atoms with Gasteiger partial charge < -0.3 is 0 Å². The second-order valence-corrected chi connectivity index (χ2v) is 10.4. The maximum absolute atomic E-state index is 10.6. The van der Waals surface area contributed by atoms with Crippen molar-refractivity contribution in [3.05, 3.63) is 20.2 Å². The van der Waals surface area contributed by atoms with Crippen LogP contribution >= 0.6 is 0 Å². The van der Waals surface area contributed by atoms with Crippen molar-refractivity contribution < 1.29 is 9.85 Å². The lowest BCUT2D eigenvalue weighted by atomic mass is 10.2. The van der Waals surface area contributed by atoms with Gasteiger partial charge in [0.2, 0.25) is 0 Å². The molecule has 0 heterocycles. The van der Waals surface area contributed by atoms with Gasteiger partial charge in [0.15, 0.2) is 0 Å². The van der Waals surface area contributed by atoms with Crippen molar-refractivity contribution in [2.75, 3.05) is 0 Å². The van der Waals surface area contributed by atoms with Crippen molar-refractivity contribution >= 4 is 8.07 Å². The summed E-state index contributed by atoms with van der Waals surface area (Å²) in [6.07, 6.45) is 0.0166. The Balaban J connectivity index is 4.56. The van der Waals surface area contributed by atoms with E-state index in [4.69, 9.17) is 0 Å². The van der Waals surface area contributed by atoms with Gasteiger partial charge in [0.05, 0.1) is 23.2 Å². The van der Waals surface area contributed by atoms with Crippen LogP contribution in [-0.2, 0) is 0 Å². The van der Waals surface area contributed by atoms with Crippen LogP contribution in [0.3, 0.4) is 0 Å². The van der Waals surface area contributed by atoms with Crippen LogP contribution in [0.1, 0.15) is 13.3 Å². The zero-order valence-electron chi connectivity index (χ0n) is 8.94. The molecule has 0 amide bonds. The maximum Gasteiger partial charge on any atom is 0.455 e. The molecule has 0 aromatic carbocycles. The molecule has 0 bridgehead atoms. The Hall–Kier alpha value is -0.983. The summed E-state index contributed by atoms with van der Waals surface area (Å²) >= 11 is 0. The van der Waals surface area contributed by atoms with Crippen molar-refractivity contribution in [2.45, 2.75) is 44.7 Å². The van der Waals surface area contributed by atoms with Crippen LogP contribution in [0.4, 0.5) is 0 Å². The molecule has 6 nitrogen and oxygen atoms in total. The number of nitro groups is 2. The Morgan fingerprint density at radius 2 is 1.50 bits per heavy atom. The van der Waals surface area contributed by atoms with Crippen LogP contribution in [0.15, 0.2) is 0 Å². The first-order chi connectivity index (χ1) is 6.09. The van der Waals surface area contributed by atoms with Gasteiger partial charge in [-0.2, -0.15) is 0 Å². The van der Waals surface area contributed by atoms with Crippen LogP contribution in [0, 0.1) is 20.2 Å². The fourth-order valence-electron chi connectivity index (χ4n) is 0.861. The molecule has 0 N–H and O–H groups in total. The Morgan fingerprint density at radius 3 is 1.71 bits per heavy atom. The van der Waals surface area contributed by atoms with Gasteiger partial charge in [-0.3, -0.25) is 20.2 Å². The lowest BCUT2D eigenvalue weighted by Crippen LogP contribution is -2.44. The smallest absolute Gasteiger partial charge is 0.258 e. The Bertz CT molecular complexity index is 235. The van der Waals surface area contributed by atoms with Gasteiger partial charge in [0.1, 0.15) is 0 Å². The van der Waals surface area contributed by atoms with Gasteiger partial charge in [-0.15, -0.1) is 0 Å². The molecule has 82 valence electrons. The van der Waals surface area contributed by atoms with E-state index in [-0.39, 0.29) is 6.42 Å². The molecule has 14 heavy (non-hydrogen) atoms. The first-order valence-electron chi connectivity index (χ1n) is 4.38. The Kier molecular flexibility index (Phi) is 3.75. The van der Waals surface area contributed by atoms with Crippen molar-refractivity contribution in [1.29, 1.82) is 0 Å². The van der Waals surface area contributed by atoms with Crippen molar-refractivity contribution in [3.63, 3.8) is 0 Å². The summed E-state index contributed by atoms with van der Waals surface area (Å²) in [5, 5.41) is 21.1. The maximum atomic E-state index is 10.6. The third-order valence-electron chi connectivity index (χ3n) is 2.14. The van der Waals surface area contributed by atoms with Crippen LogP contribution < -0.4 is 0 Å². The zero-order valence-corrected chi connectivity index (χ0v) is 9.94. The molecule has 0 atom stereocenters. The Labute approximate surface area is 83.6 Å². The van der Waals surface area contributed by atoms with E-state index in [9.17, 15) is 20.2 Å². The number of nitrogens with zero attached hydrogens (tertiary/aromatic N) is 2. The summed E-state index contributed by atoms with van der Waals surface area (Å²) < 4.78 is 0. The highest BCUT2D eigenvalue weighted by Gasteiger charge is 2.50. The molecule has 0 aliphatic heterocycles. The van der Waals surface area contributed by atoms with Gasteiger partial charge >= 0.3 is 5.66 Å². The lowest BCUT2D eigenvalue weighted by molar-refractivity contribution is -0.792. The fraction of sp³-hybridized carbons (Fsp3) is 1.00. The van der Waals surface area contributed by atoms with Gasteiger partial charge in [-0.25, -0.2) is 0 Å². The fourth-order valence-corrected chi connectivity index (χ4v) is 2.08. The molecular formula is C7H16N2O4Si. The van der Waals surface area contributed by atoms with E-state index in [0.29, 0.717) is 6.04 Å². The summed E-state index contributed by atoms with van der Waals surface area (Å²) in [6.45, 7) is 7.18. The molecule has 0 aliphatic rings. The van der Waals surface area contributed by atoms with E-state index in [2.05, 4.69) is 0 Å². The third-order valence-corrected chi connectivity index (χ3v) is 3.89. The van der Waals surface area contributed by atoms with Crippen LogP contribution in [0.5, 0.6) is 0 Å². The molecular weight excluding hydrogens is 204 g/mol. The van der Waals surface area contributed by atoms with Crippen molar-refractivity contribution in [3.8, 4) is 0 Å². The van der Waals surface area contributed by atoms with Crippen molar-refractivity contribution in [2.24, 2.45) is 0 Å². The van der Waals surface area contributed by atoms with Crippen molar-refractivity contribution in [1.82, 2.24) is 0 Å². The topological polar surface area (TPSA) is 86.3 Å². The lowest BCUT2D eigenvalue weighted by Gasteiger charge is -2.18. The first kappa shape index (κ1) is 13.0. The molecule has 0 aliphatic carbocycles. The summed E-state index contributed by atoms with van der Waals surface area (Å²) in [7, 11) is -1.47. The molecule has 0 aromatic heterocycles. The summed E-state index contributed by atoms with van der Waals surface area (Å²) in [4.78, 5) is 19.5. The monoisotopic (exact) mass is 220 g/mol. The standard InChI is InChI=1S/C7H16N2O4Si/c1-7(8(10)11,9(12)13)5-6-14(2,3)4/h5-6H2,1-4H3. The predicted octanol–water partition coefficient (Wildman–Crippen LogP) is 1.98. The molecule has 0 saturated carbocycles.